The number of ketones is 1. The quantitative estimate of drug-likeness (QED) is 0.761. The Morgan fingerprint density at radius 2 is 2.05 bits per heavy atom. The Morgan fingerprint density at radius 3 is 2.75 bits per heavy atom. The summed E-state index contributed by atoms with van der Waals surface area (Å²) in [5.41, 5.74) is -0.244. The number of aromatic nitrogens is 3. The molecule has 0 aromatic carbocycles. The van der Waals surface area contributed by atoms with Crippen LogP contribution in [0, 0.1) is 0 Å². The normalized spacial score (nSPS) is 14.0. The number of Topliss-reactive ketones (excluding diaryl/α,β-unsaturated/α-hetero) is 1. The summed E-state index contributed by atoms with van der Waals surface area (Å²) in [7, 11) is 3.35. The van der Waals surface area contributed by atoms with E-state index in [1.165, 1.54) is 4.57 Å². The van der Waals surface area contributed by atoms with E-state index < -0.39 is 18.3 Å². The van der Waals surface area contributed by atoms with Crippen molar-refractivity contribution in [3.63, 3.8) is 0 Å². The van der Waals surface area contributed by atoms with Gasteiger partial charge >= 0.3 is 5.69 Å². The summed E-state index contributed by atoms with van der Waals surface area (Å²) in [6, 6.07) is 1.66. The molecule has 2 aromatic heterocycles. The van der Waals surface area contributed by atoms with Gasteiger partial charge in [-0.25, -0.2) is 4.79 Å². The first-order valence-electron chi connectivity index (χ1n) is 7.92. The van der Waals surface area contributed by atoms with Gasteiger partial charge < -0.3 is 9.36 Å². The van der Waals surface area contributed by atoms with E-state index in [0.717, 1.165) is 4.57 Å². The summed E-state index contributed by atoms with van der Waals surface area (Å²) in [6.07, 6.45) is 2.33. The topological polar surface area (TPSA) is 66.0 Å². The van der Waals surface area contributed by atoms with Crippen LogP contribution < -0.4 is 11.2 Å². The molecule has 6 nitrogen and oxygen atoms in total. The summed E-state index contributed by atoms with van der Waals surface area (Å²) in [5.74, 6) is -0.795. The SMILES string of the molecule is [2H]C([2H])([2H])C(=O)CCCCn1c(=O)c2ccn(C)c2n(C)c1=O. The molecule has 2 rings (SSSR count). The molecule has 0 amide bonds. The second kappa shape index (κ2) is 5.48. The molecule has 20 heavy (non-hydrogen) atoms. The molecule has 0 saturated carbocycles. The second-order valence-electron chi connectivity index (χ2n) is 4.84. The zero-order valence-corrected chi connectivity index (χ0v) is 11.5. The van der Waals surface area contributed by atoms with Gasteiger partial charge in [-0.3, -0.25) is 13.9 Å². The third kappa shape index (κ3) is 2.45. The molecule has 0 fully saturated rings. The molecule has 2 aromatic rings. The minimum Gasteiger partial charge on any atom is -0.337 e. The molecule has 0 spiro atoms. The fraction of sp³-hybridized carbons (Fsp3) is 0.500. The van der Waals surface area contributed by atoms with E-state index in [0.29, 0.717) is 23.9 Å². The number of carbonyl (C=O) groups is 1. The maximum atomic E-state index is 12.4. The van der Waals surface area contributed by atoms with Gasteiger partial charge in [0, 0.05) is 37.4 Å². The first-order valence-corrected chi connectivity index (χ1v) is 6.42. The highest BCUT2D eigenvalue weighted by Crippen LogP contribution is 2.07. The lowest BCUT2D eigenvalue weighted by Crippen LogP contribution is -2.39. The van der Waals surface area contributed by atoms with Gasteiger partial charge in [0.25, 0.3) is 5.56 Å². The van der Waals surface area contributed by atoms with Crippen LogP contribution in [-0.2, 0) is 25.4 Å². The smallest absolute Gasteiger partial charge is 0.332 e. The number of nitrogens with zero attached hydrogens (tertiary/aromatic N) is 3. The molecule has 0 atom stereocenters. The summed E-state index contributed by atoms with van der Waals surface area (Å²) in [5, 5.41) is 0.452. The Morgan fingerprint density at radius 1 is 1.30 bits per heavy atom. The molecule has 0 radical (unpaired) electrons. The van der Waals surface area contributed by atoms with Gasteiger partial charge in [-0.15, -0.1) is 0 Å². The van der Waals surface area contributed by atoms with Crippen LogP contribution in [-0.4, -0.2) is 19.5 Å². The molecular formula is C14H19N3O3. The summed E-state index contributed by atoms with van der Waals surface area (Å²) in [4.78, 5) is 36.0. The van der Waals surface area contributed by atoms with Crippen molar-refractivity contribution in [1.29, 1.82) is 0 Å². The van der Waals surface area contributed by atoms with Crippen LogP contribution in [0.1, 0.15) is 30.2 Å². The van der Waals surface area contributed by atoms with E-state index in [4.69, 9.17) is 4.11 Å². The monoisotopic (exact) mass is 280 g/mol. The molecule has 0 aliphatic rings. The third-order valence-corrected chi connectivity index (χ3v) is 3.39. The van der Waals surface area contributed by atoms with Gasteiger partial charge in [0.1, 0.15) is 11.4 Å². The summed E-state index contributed by atoms with van der Waals surface area (Å²) >= 11 is 0. The van der Waals surface area contributed by atoms with E-state index in [1.807, 2.05) is 0 Å². The lowest BCUT2D eigenvalue weighted by molar-refractivity contribution is -0.117. The van der Waals surface area contributed by atoms with Gasteiger partial charge in [-0.1, -0.05) is 0 Å². The lowest BCUT2D eigenvalue weighted by Gasteiger charge is -2.09. The minimum absolute atomic E-state index is 0.0842. The largest absolute Gasteiger partial charge is 0.337 e. The fourth-order valence-electron chi connectivity index (χ4n) is 2.36. The molecule has 0 saturated heterocycles. The van der Waals surface area contributed by atoms with Crippen LogP contribution in [0.3, 0.4) is 0 Å². The Hall–Kier alpha value is -2.11. The average Bonchev–Trinajstić information content (AvgIpc) is 2.85. The average molecular weight is 280 g/mol. The number of carbonyl (C=O) groups excluding carboxylic acids is 1. The zero-order chi connectivity index (χ0) is 17.4. The van der Waals surface area contributed by atoms with Crippen molar-refractivity contribution in [2.75, 3.05) is 0 Å². The van der Waals surface area contributed by atoms with E-state index in [9.17, 15) is 14.4 Å². The number of rotatable bonds is 5. The molecule has 0 aliphatic carbocycles. The fourth-order valence-corrected chi connectivity index (χ4v) is 2.36. The van der Waals surface area contributed by atoms with Gasteiger partial charge in [-0.05, 0) is 25.8 Å². The van der Waals surface area contributed by atoms with Gasteiger partial charge in [-0.2, -0.15) is 0 Å². The summed E-state index contributed by atoms with van der Waals surface area (Å²) in [6.45, 7) is -2.43. The van der Waals surface area contributed by atoms with Crippen molar-refractivity contribution in [2.45, 2.75) is 32.7 Å². The molecule has 108 valence electrons. The van der Waals surface area contributed by atoms with E-state index in [1.54, 1.807) is 30.9 Å². The van der Waals surface area contributed by atoms with Crippen molar-refractivity contribution < 1.29 is 8.91 Å². The highest BCUT2D eigenvalue weighted by Gasteiger charge is 2.12. The van der Waals surface area contributed by atoms with Crippen LogP contribution in [0.15, 0.2) is 21.9 Å². The van der Waals surface area contributed by atoms with Crippen LogP contribution in [0.2, 0.25) is 0 Å². The maximum Gasteiger partial charge on any atom is 0.332 e. The van der Waals surface area contributed by atoms with Crippen LogP contribution in [0.5, 0.6) is 0 Å². The second-order valence-corrected chi connectivity index (χ2v) is 4.84. The molecular weight excluding hydrogens is 258 g/mol. The van der Waals surface area contributed by atoms with Crippen molar-refractivity contribution in [3.8, 4) is 0 Å². The molecule has 6 heteroatoms. The minimum atomic E-state index is -2.59. The Labute approximate surface area is 120 Å². The Bertz CT molecular complexity index is 858. The predicted molar refractivity (Wildman–Crippen MR) is 77.0 cm³/mol. The number of unbranched alkanes of at least 4 members (excludes halogenated alkanes) is 1. The van der Waals surface area contributed by atoms with Crippen molar-refractivity contribution in [1.82, 2.24) is 13.7 Å². The first kappa shape index (κ1) is 10.7. The van der Waals surface area contributed by atoms with Crippen LogP contribution in [0.4, 0.5) is 0 Å². The highest BCUT2D eigenvalue weighted by molar-refractivity contribution is 5.75. The van der Waals surface area contributed by atoms with Gasteiger partial charge in [0.15, 0.2) is 0 Å². The molecule has 0 N–H and O–H groups in total. The number of fused-ring (bicyclic) bond motifs is 1. The standard InChI is InChI=1S/C14H19N3O3/c1-10(18)6-4-5-8-17-13(19)11-7-9-15(2)12(11)16(3)14(17)20/h7,9H,4-6,8H2,1-3H3/i1D3. The number of aryl methyl sites for hydroxylation is 2. The van der Waals surface area contributed by atoms with Crippen LogP contribution >= 0.6 is 0 Å². The van der Waals surface area contributed by atoms with E-state index in [-0.39, 0.29) is 18.5 Å². The Balaban J connectivity index is 2.17. The number of hydrogen-bond acceptors (Lipinski definition) is 3. The molecule has 0 unspecified atom stereocenters. The molecule has 0 aliphatic heterocycles. The van der Waals surface area contributed by atoms with E-state index in [2.05, 4.69) is 0 Å². The van der Waals surface area contributed by atoms with Gasteiger partial charge in [0.2, 0.25) is 0 Å². The summed E-state index contributed by atoms with van der Waals surface area (Å²) < 4.78 is 25.2. The zero-order valence-electron chi connectivity index (χ0n) is 14.5. The first-order chi connectivity index (χ1) is 10.6. The third-order valence-electron chi connectivity index (χ3n) is 3.39. The van der Waals surface area contributed by atoms with Gasteiger partial charge in [0.05, 0.1) is 5.39 Å². The van der Waals surface area contributed by atoms with Crippen molar-refractivity contribution >= 4 is 16.8 Å². The maximum absolute atomic E-state index is 12.4. The number of hydrogen-bond donors (Lipinski definition) is 0. The van der Waals surface area contributed by atoms with E-state index >= 15 is 0 Å². The predicted octanol–water partition coefficient (Wildman–Crippen LogP) is 0.798. The molecule has 2 heterocycles. The lowest BCUT2D eigenvalue weighted by atomic mass is 10.2. The van der Waals surface area contributed by atoms with Crippen molar-refractivity contribution in [2.24, 2.45) is 14.1 Å². The Kier molecular flexibility index (Phi) is 2.92. The highest BCUT2D eigenvalue weighted by atomic mass is 16.2. The van der Waals surface area contributed by atoms with Crippen molar-refractivity contribution in [3.05, 3.63) is 33.1 Å². The van der Waals surface area contributed by atoms with Crippen LogP contribution in [0.25, 0.3) is 11.0 Å². The molecule has 0 bridgehead atoms.